The molecule has 1 saturated heterocycles. The number of furan rings is 1. The van der Waals surface area contributed by atoms with Gasteiger partial charge in [0.05, 0.1) is 4.92 Å². The van der Waals surface area contributed by atoms with Crippen LogP contribution in [0.2, 0.25) is 0 Å². The first-order valence-electron chi connectivity index (χ1n) is 7.23. The summed E-state index contributed by atoms with van der Waals surface area (Å²) in [6.07, 6.45) is 2.00. The number of hydrogen-bond donors (Lipinski definition) is 1. The zero-order chi connectivity index (χ0) is 15.7. The van der Waals surface area contributed by atoms with E-state index in [-0.39, 0.29) is 29.8 Å². The van der Waals surface area contributed by atoms with Crippen LogP contribution in [-0.2, 0) is 0 Å². The second kappa shape index (κ2) is 6.97. The number of piperidine rings is 1. The summed E-state index contributed by atoms with van der Waals surface area (Å²) in [4.78, 5) is 24.6. The molecule has 1 atom stereocenters. The molecule has 1 aromatic carbocycles. The number of halogens is 1. The van der Waals surface area contributed by atoms with Crippen molar-refractivity contribution in [3.63, 3.8) is 0 Å². The van der Waals surface area contributed by atoms with Crippen molar-refractivity contribution < 1.29 is 14.1 Å². The molecule has 7 nitrogen and oxygen atoms in total. The van der Waals surface area contributed by atoms with Crippen LogP contribution in [0.5, 0.6) is 0 Å². The number of hydrogen-bond acceptors (Lipinski definition) is 5. The molecule has 1 fully saturated rings. The third kappa shape index (κ3) is 3.46. The van der Waals surface area contributed by atoms with Gasteiger partial charge in [0, 0.05) is 36.7 Å². The SMILES string of the molecule is CNC1CCCN(C(=O)c2cc3cc([N+](=O)[O-])ccc3o2)C1.Cl. The summed E-state index contributed by atoms with van der Waals surface area (Å²) in [5, 5.41) is 14.6. The zero-order valence-corrected chi connectivity index (χ0v) is 13.5. The predicted octanol–water partition coefficient (Wildman–Crippen LogP) is 2.59. The van der Waals surface area contributed by atoms with Crippen LogP contribution in [0.25, 0.3) is 11.0 Å². The molecule has 1 amide bonds. The molecule has 124 valence electrons. The molecule has 1 aliphatic rings. The summed E-state index contributed by atoms with van der Waals surface area (Å²) in [6, 6.07) is 6.19. The molecule has 0 aliphatic carbocycles. The molecule has 1 aromatic heterocycles. The molecule has 0 spiro atoms. The molecule has 0 saturated carbocycles. The minimum absolute atomic E-state index is 0. The Morgan fingerprint density at radius 2 is 2.22 bits per heavy atom. The van der Waals surface area contributed by atoms with Crippen molar-refractivity contribution in [3.05, 3.63) is 40.1 Å². The number of carbonyl (C=O) groups excluding carboxylic acids is 1. The fourth-order valence-corrected chi connectivity index (χ4v) is 2.80. The van der Waals surface area contributed by atoms with E-state index in [4.69, 9.17) is 4.42 Å². The highest BCUT2D eigenvalue weighted by Crippen LogP contribution is 2.25. The maximum absolute atomic E-state index is 12.5. The molecule has 1 N–H and O–H groups in total. The number of amides is 1. The van der Waals surface area contributed by atoms with Crippen molar-refractivity contribution in [2.75, 3.05) is 20.1 Å². The Balaban J connectivity index is 0.00000192. The van der Waals surface area contributed by atoms with Crippen LogP contribution >= 0.6 is 12.4 Å². The second-order valence-electron chi connectivity index (χ2n) is 5.47. The van der Waals surface area contributed by atoms with Crippen LogP contribution in [-0.4, -0.2) is 41.9 Å². The van der Waals surface area contributed by atoms with Gasteiger partial charge in [0.15, 0.2) is 5.76 Å². The summed E-state index contributed by atoms with van der Waals surface area (Å²) >= 11 is 0. The van der Waals surface area contributed by atoms with E-state index in [2.05, 4.69) is 5.32 Å². The molecular weight excluding hydrogens is 322 g/mol. The lowest BCUT2D eigenvalue weighted by molar-refractivity contribution is -0.384. The predicted molar refractivity (Wildman–Crippen MR) is 88.1 cm³/mol. The van der Waals surface area contributed by atoms with E-state index in [0.717, 1.165) is 12.8 Å². The number of nitro benzene ring substituents is 1. The fraction of sp³-hybridized carbons (Fsp3) is 0.400. The van der Waals surface area contributed by atoms with Gasteiger partial charge in [0.1, 0.15) is 5.58 Å². The second-order valence-corrected chi connectivity index (χ2v) is 5.47. The van der Waals surface area contributed by atoms with E-state index in [0.29, 0.717) is 30.1 Å². The highest BCUT2D eigenvalue weighted by Gasteiger charge is 2.26. The average molecular weight is 340 g/mol. The first-order chi connectivity index (χ1) is 10.6. The Morgan fingerprint density at radius 3 is 2.91 bits per heavy atom. The summed E-state index contributed by atoms with van der Waals surface area (Å²) in [6.45, 7) is 1.35. The molecule has 3 rings (SSSR count). The van der Waals surface area contributed by atoms with Crippen LogP contribution in [0, 0.1) is 10.1 Å². The Hall–Kier alpha value is -2.12. The number of likely N-dealkylation sites (N-methyl/N-ethyl adjacent to an activating group) is 1. The summed E-state index contributed by atoms with van der Waals surface area (Å²) < 4.78 is 5.55. The molecule has 0 bridgehead atoms. The van der Waals surface area contributed by atoms with Gasteiger partial charge in [-0.3, -0.25) is 14.9 Å². The third-order valence-electron chi connectivity index (χ3n) is 4.04. The van der Waals surface area contributed by atoms with Crippen LogP contribution in [0.3, 0.4) is 0 Å². The van der Waals surface area contributed by atoms with Crippen LogP contribution in [0.1, 0.15) is 23.4 Å². The van der Waals surface area contributed by atoms with E-state index in [9.17, 15) is 14.9 Å². The number of fused-ring (bicyclic) bond motifs is 1. The lowest BCUT2D eigenvalue weighted by Crippen LogP contribution is -2.46. The van der Waals surface area contributed by atoms with Crippen molar-refractivity contribution in [1.82, 2.24) is 10.2 Å². The maximum Gasteiger partial charge on any atom is 0.289 e. The number of nitrogens with one attached hydrogen (secondary N) is 1. The van der Waals surface area contributed by atoms with E-state index in [1.54, 1.807) is 11.0 Å². The fourth-order valence-electron chi connectivity index (χ4n) is 2.80. The number of carbonyl (C=O) groups is 1. The summed E-state index contributed by atoms with van der Waals surface area (Å²) in [5.74, 6) is 0.0612. The Kier molecular flexibility index (Phi) is 5.23. The summed E-state index contributed by atoms with van der Waals surface area (Å²) in [7, 11) is 1.89. The standard InChI is InChI=1S/C15H17N3O4.ClH/c1-16-11-3-2-6-17(9-11)15(19)14-8-10-7-12(18(20)21)4-5-13(10)22-14;/h4-5,7-8,11,16H,2-3,6,9H2,1H3;1H. The van der Waals surface area contributed by atoms with Gasteiger partial charge in [-0.25, -0.2) is 0 Å². The first kappa shape index (κ1) is 17.2. The van der Waals surface area contributed by atoms with Gasteiger partial charge in [-0.2, -0.15) is 0 Å². The Bertz CT molecular complexity index is 731. The van der Waals surface area contributed by atoms with Gasteiger partial charge in [0.2, 0.25) is 0 Å². The van der Waals surface area contributed by atoms with Crippen molar-refractivity contribution in [2.24, 2.45) is 0 Å². The molecule has 8 heteroatoms. The molecule has 23 heavy (non-hydrogen) atoms. The van der Waals surface area contributed by atoms with Gasteiger partial charge in [0.25, 0.3) is 11.6 Å². The monoisotopic (exact) mass is 339 g/mol. The average Bonchev–Trinajstić information content (AvgIpc) is 2.97. The van der Waals surface area contributed by atoms with Gasteiger partial charge >= 0.3 is 0 Å². The van der Waals surface area contributed by atoms with Crippen molar-refractivity contribution >= 4 is 35.0 Å². The van der Waals surface area contributed by atoms with Gasteiger partial charge < -0.3 is 14.6 Å². The van der Waals surface area contributed by atoms with E-state index >= 15 is 0 Å². The molecule has 2 heterocycles. The molecule has 1 aliphatic heterocycles. The third-order valence-corrected chi connectivity index (χ3v) is 4.04. The highest BCUT2D eigenvalue weighted by molar-refractivity contribution is 5.96. The molecule has 0 radical (unpaired) electrons. The normalized spacial score (nSPS) is 17.8. The van der Waals surface area contributed by atoms with Gasteiger partial charge in [-0.05, 0) is 32.0 Å². The summed E-state index contributed by atoms with van der Waals surface area (Å²) in [5.41, 5.74) is 0.469. The molecule has 2 aromatic rings. The minimum atomic E-state index is -0.462. The number of likely N-dealkylation sites (tertiary alicyclic amines) is 1. The highest BCUT2D eigenvalue weighted by atomic mass is 35.5. The number of nitro groups is 1. The van der Waals surface area contributed by atoms with E-state index < -0.39 is 4.92 Å². The Morgan fingerprint density at radius 1 is 1.43 bits per heavy atom. The van der Waals surface area contributed by atoms with Crippen LogP contribution < -0.4 is 5.32 Å². The number of benzene rings is 1. The lowest BCUT2D eigenvalue weighted by atomic mass is 10.1. The quantitative estimate of drug-likeness (QED) is 0.685. The van der Waals surface area contributed by atoms with E-state index in [1.807, 2.05) is 7.05 Å². The topological polar surface area (TPSA) is 88.6 Å². The number of rotatable bonds is 3. The Labute approximate surface area is 139 Å². The molecular formula is C15H18ClN3O4. The number of nitrogens with zero attached hydrogens (tertiary/aromatic N) is 2. The van der Waals surface area contributed by atoms with Crippen LogP contribution in [0.15, 0.2) is 28.7 Å². The van der Waals surface area contributed by atoms with Crippen molar-refractivity contribution in [1.29, 1.82) is 0 Å². The van der Waals surface area contributed by atoms with Crippen molar-refractivity contribution in [3.8, 4) is 0 Å². The first-order valence-corrected chi connectivity index (χ1v) is 7.23. The lowest BCUT2D eigenvalue weighted by Gasteiger charge is -2.31. The molecule has 1 unspecified atom stereocenters. The van der Waals surface area contributed by atoms with Gasteiger partial charge in [-0.1, -0.05) is 0 Å². The van der Waals surface area contributed by atoms with E-state index in [1.165, 1.54) is 18.2 Å². The maximum atomic E-state index is 12.5. The largest absolute Gasteiger partial charge is 0.451 e. The van der Waals surface area contributed by atoms with Crippen molar-refractivity contribution in [2.45, 2.75) is 18.9 Å². The smallest absolute Gasteiger partial charge is 0.289 e. The number of non-ortho nitro benzene ring substituents is 1. The van der Waals surface area contributed by atoms with Crippen LogP contribution in [0.4, 0.5) is 5.69 Å². The minimum Gasteiger partial charge on any atom is -0.451 e. The van der Waals surface area contributed by atoms with Gasteiger partial charge in [-0.15, -0.1) is 12.4 Å². The zero-order valence-electron chi connectivity index (χ0n) is 12.7.